The molecule has 0 aromatic heterocycles. The number of hydrogen-bond donors (Lipinski definition) is 0. The molecule has 0 heterocycles. The van der Waals surface area contributed by atoms with Gasteiger partial charge >= 0.3 is 49.4 Å². The molecule has 0 atom stereocenters. The first-order valence-electron chi connectivity index (χ1n) is 0. The smallest absolute Gasteiger partial charge is 0.870 e. The van der Waals surface area contributed by atoms with Gasteiger partial charge in [-0.3, -0.25) is 0 Å². The van der Waals surface area contributed by atoms with E-state index in [-0.39, 0.29) is 106 Å². The monoisotopic (exact) mass is 362 g/mol. The van der Waals surface area contributed by atoms with E-state index in [2.05, 4.69) is 0 Å². The first-order chi connectivity index (χ1) is 0. The van der Waals surface area contributed by atoms with Gasteiger partial charge in [0.15, 0.2) is 0 Å². The van der Waals surface area contributed by atoms with Crippen LogP contribution in [0.1, 0.15) is 0 Å². The van der Waals surface area contributed by atoms with Gasteiger partial charge in [-0.2, -0.15) is 0 Å². The van der Waals surface area contributed by atoms with Crippen molar-refractivity contribution in [1.82, 2.24) is 0 Å². The van der Waals surface area contributed by atoms with E-state index < -0.39 is 0 Å². The van der Waals surface area contributed by atoms with Gasteiger partial charge in [-0.25, -0.2) is 0 Å². The van der Waals surface area contributed by atoms with Crippen LogP contribution in [-0.4, -0.2) is 16.4 Å². The molecule has 0 bridgehead atoms. The molecule has 0 aromatic carbocycles. The Hall–Kier alpha value is 2.79. The summed E-state index contributed by atoms with van der Waals surface area (Å²) in [7, 11) is 0. The van der Waals surface area contributed by atoms with Gasteiger partial charge in [-0.15, -0.1) is 0 Å². The molecule has 0 aliphatic heterocycles. The maximum Gasteiger partial charge on any atom is 3.00 e. The minimum atomic E-state index is 0. The fourth-order valence-electron chi connectivity index (χ4n) is 0. The Bertz CT molecular complexity index is 6.85. The summed E-state index contributed by atoms with van der Waals surface area (Å²) >= 11 is 0. The average molecular weight is 360 g/mol. The number of hydrogen-bond acceptors (Lipinski definition) is 3. The Morgan fingerprint density at radius 3 is 0.600 bits per heavy atom. The van der Waals surface area contributed by atoms with Crippen molar-refractivity contribution in [2.75, 3.05) is 0 Å². The molecule has 5 heavy (non-hydrogen) atoms. The Labute approximate surface area is 103 Å². The first-order valence-corrected chi connectivity index (χ1v) is 0. The second kappa shape index (κ2) is 29.2. The zero-order chi connectivity index (χ0) is 0. The van der Waals surface area contributed by atoms with Crippen molar-refractivity contribution in [2.24, 2.45) is 0 Å². The van der Waals surface area contributed by atoms with Gasteiger partial charge < -0.3 is 16.4 Å². The van der Waals surface area contributed by atoms with E-state index in [0.29, 0.717) is 0 Å². The fourth-order valence-corrected chi connectivity index (χ4v) is 0. The molecular weight excluding hydrogens is 357 g/mol. The Morgan fingerprint density at radius 1 is 0.600 bits per heavy atom. The minimum Gasteiger partial charge on any atom is -0.870 e. The Balaban J connectivity index is 0. The van der Waals surface area contributed by atoms with Crippen molar-refractivity contribution in [3.63, 3.8) is 0 Å². The van der Waals surface area contributed by atoms with E-state index in [1.807, 2.05) is 0 Å². The summed E-state index contributed by atoms with van der Waals surface area (Å²) in [5, 5.41) is 0. The van der Waals surface area contributed by atoms with E-state index >= 15 is 0 Å². The third kappa shape index (κ3) is 20.0. The van der Waals surface area contributed by atoms with Crippen LogP contribution in [-0.2, 0) is 0 Å². The molecule has 3 nitrogen and oxygen atoms in total. The largest absolute Gasteiger partial charge is 3.00 e. The zero-order valence-electron chi connectivity index (χ0n) is 2.07. The van der Waals surface area contributed by atoms with Crippen molar-refractivity contribution < 1.29 is 106 Å². The molecule has 0 saturated heterocycles. The van der Waals surface area contributed by atoms with Crippen LogP contribution in [0.15, 0.2) is 0 Å². The van der Waals surface area contributed by atoms with Gasteiger partial charge in [0.05, 0.1) is 0 Å². The topological polar surface area (TPSA) is 90.0 Å². The van der Waals surface area contributed by atoms with Crippen LogP contribution in [0, 0.1) is 89.3 Å². The summed E-state index contributed by atoms with van der Waals surface area (Å²) in [6, 6.07) is 0. The molecule has 0 saturated carbocycles. The fraction of sp³-hybridized carbons (Fsp3) is 0. The van der Waals surface area contributed by atoms with Crippen LogP contribution in [0.4, 0.5) is 0 Å². The van der Waals surface area contributed by atoms with Crippen molar-refractivity contribution in [3.8, 4) is 0 Å². The Morgan fingerprint density at radius 2 is 0.600 bits per heavy atom. The molecule has 0 unspecified atom stereocenters. The molecule has 0 aliphatic rings. The van der Waals surface area contributed by atoms with Crippen LogP contribution >= 0.6 is 0 Å². The molecule has 36 valence electrons. The molecule has 0 amide bonds. The zero-order valence-corrected chi connectivity index (χ0v) is 6.77. The maximum absolute atomic E-state index is 0. The SMILES string of the molecule is [Eu+3].[Gd].[OH-].[OH-].[OH-]. The molecule has 0 rings (SSSR count). The second-order valence-corrected chi connectivity index (χ2v) is 0. The van der Waals surface area contributed by atoms with Crippen molar-refractivity contribution in [1.29, 1.82) is 0 Å². The summed E-state index contributed by atoms with van der Waals surface area (Å²) < 4.78 is 0. The standard InChI is InChI=1S/Eu.Gd.3H2O/h;;3*1H2/q+3;;;;/p-3. The van der Waals surface area contributed by atoms with E-state index in [0.717, 1.165) is 0 Å². The van der Waals surface area contributed by atoms with Gasteiger partial charge in [0, 0.05) is 39.9 Å². The minimum absolute atomic E-state index is 0. The van der Waals surface area contributed by atoms with Crippen LogP contribution in [0.3, 0.4) is 0 Å². The van der Waals surface area contributed by atoms with Crippen LogP contribution in [0.2, 0.25) is 0 Å². The quantitative estimate of drug-likeness (QED) is 0.582. The molecule has 0 aliphatic carbocycles. The summed E-state index contributed by atoms with van der Waals surface area (Å²) in [6.07, 6.45) is 0. The predicted octanol–water partition coefficient (Wildman–Crippen LogP) is -0.530. The molecule has 0 aromatic rings. The van der Waals surface area contributed by atoms with E-state index in [9.17, 15) is 0 Å². The molecule has 5 heteroatoms. The van der Waals surface area contributed by atoms with Crippen molar-refractivity contribution in [2.45, 2.75) is 0 Å². The maximum atomic E-state index is 0. The van der Waals surface area contributed by atoms with Crippen LogP contribution in [0.5, 0.6) is 0 Å². The normalized spacial score (nSPS) is 0. The van der Waals surface area contributed by atoms with Crippen molar-refractivity contribution in [3.05, 3.63) is 0 Å². The van der Waals surface area contributed by atoms with E-state index in [1.165, 1.54) is 0 Å². The summed E-state index contributed by atoms with van der Waals surface area (Å²) in [4.78, 5) is 0. The molecule has 0 fully saturated rings. The summed E-state index contributed by atoms with van der Waals surface area (Å²) in [5.41, 5.74) is 0. The van der Waals surface area contributed by atoms with E-state index in [1.54, 1.807) is 0 Å². The van der Waals surface area contributed by atoms with Gasteiger partial charge in [0.2, 0.25) is 0 Å². The molecular formula is H3EuGdO3. The predicted molar refractivity (Wildman–Crippen MR) is 5.81 cm³/mol. The van der Waals surface area contributed by atoms with Crippen molar-refractivity contribution >= 4 is 0 Å². The summed E-state index contributed by atoms with van der Waals surface area (Å²) in [6.45, 7) is 0. The number of rotatable bonds is 0. The van der Waals surface area contributed by atoms with Gasteiger partial charge in [-0.1, -0.05) is 0 Å². The second-order valence-electron chi connectivity index (χ2n) is 0. The first kappa shape index (κ1) is 46.2. The van der Waals surface area contributed by atoms with Gasteiger partial charge in [0.25, 0.3) is 0 Å². The third-order valence-corrected chi connectivity index (χ3v) is 0. The van der Waals surface area contributed by atoms with Crippen LogP contribution < -0.4 is 0 Å². The Kier molecular flexibility index (Phi) is 270. The van der Waals surface area contributed by atoms with Crippen LogP contribution in [0.25, 0.3) is 0 Å². The molecule has 0 radical (unpaired) electrons. The summed E-state index contributed by atoms with van der Waals surface area (Å²) in [5.74, 6) is 0. The molecule has 0 spiro atoms. The average Bonchev–Trinajstić information content (AvgIpc) is 0. The van der Waals surface area contributed by atoms with Gasteiger partial charge in [0.1, 0.15) is 0 Å². The van der Waals surface area contributed by atoms with E-state index in [4.69, 9.17) is 0 Å². The molecule has 3 N–H and O–H groups in total. The van der Waals surface area contributed by atoms with Gasteiger partial charge in [-0.05, 0) is 0 Å². The third-order valence-electron chi connectivity index (χ3n) is 0.